The summed E-state index contributed by atoms with van der Waals surface area (Å²) >= 11 is 1.28. The van der Waals surface area contributed by atoms with Crippen LogP contribution in [0.2, 0.25) is 0 Å². The van der Waals surface area contributed by atoms with Gasteiger partial charge in [0.15, 0.2) is 0 Å². The third-order valence-corrected chi connectivity index (χ3v) is 4.84. The van der Waals surface area contributed by atoms with Gasteiger partial charge >= 0.3 is 0 Å². The normalized spacial score (nSPS) is 10.6. The highest BCUT2D eigenvalue weighted by Crippen LogP contribution is 2.31. The number of thiophene rings is 1. The van der Waals surface area contributed by atoms with Crippen molar-refractivity contribution in [1.29, 1.82) is 0 Å². The minimum atomic E-state index is -0.496. The Kier molecular flexibility index (Phi) is 4.22. The van der Waals surface area contributed by atoms with Gasteiger partial charge in [0.1, 0.15) is 5.82 Å². The van der Waals surface area contributed by atoms with Crippen LogP contribution >= 0.6 is 11.3 Å². The lowest BCUT2D eigenvalue weighted by atomic mass is 10.0. The molecule has 0 aliphatic rings. The Labute approximate surface area is 141 Å². The first-order valence-electron chi connectivity index (χ1n) is 7.12. The third kappa shape index (κ3) is 2.96. The highest BCUT2D eigenvalue weighted by Gasteiger charge is 2.20. The molecule has 1 heterocycles. The average Bonchev–Trinajstić information content (AvgIpc) is 3.05. The van der Waals surface area contributed by atoms with E-state index in [0.29, 0.717) is 16.0 Å². The number of hydrogen-bond acceptors (Lipinski definition) is 4. The van der Waals surface area contributed by atoms with Crippen molar-refractivity contribution in [3.8, 4) is 10.4 Å². The van der Waals surface area contributed by atoms with Gasteiger partial charge in [0.05, 0.1) is 9.80 Å². The highest BCUT2D eigenvalue weighted by atomic mass is 32.1. The van der Waals surface area contributed by atoms with E-state index in [0.717, 1.165) is 10.4 Å². The van der Waals surface area contributed by atoms with Crippen LogP contribution in [0, 0.1) is 22.9 Å². The fourth-order valence-electron chi connectivity index (χ4n) is 2.43. The van der Waals surface area contributed by atoms with Gasteiger partial charge in [-0.15, -0.1) is 11.3 Å². The Morgan fingerprint density at radius 2 is 1.79 bits per heavy atom. The number of benzene rings is 2. The van der Waals surface area contributed by atoms with Gasteiger partial charge in [-0.1, -0.05) is 24.3 Å². The van der Waals surface area contributed by atoms with Crippen LogP contribution in [0.5, 0.6) is 0 Å². The van der Waals surface area contributed by atoms with E-state index in [2.05, 4.69) is 0 Å². The van der Waals surface area contributed by atoms with Gasteiger partial charge in [0.25, 0.3) is 5.69 Å². The molecule has 0 bridgehead atoms. The van der Waals surface area contributed by atoms with E-state index < -0.39 is 4.92 Å². The maximum atomic E-state index is 13.0. The zero-order chi connectivity index (χ0) is 17.3. The molecule has 0 radical (unpaired) electrons. The van der Waals surface area contributed by atoms with Gasteiger partial charge in [-0.3, -0.25) is 14.9 Å². The van der Waals surface area contributed by atoms with Crippen molar-refractivity contribution in [3.63, 3.8) is 0 Å². The molecule has 3 aromatic rings. The summed E-state index contributed by atoms with van der Waals surface area (Å²) in [5, 5.41) is 11.0. The number of rotatable bonds is 4. The van der Waals surface area contributed by atoms with Crippen LogP contribution in [-0.4, -0.2) is 10.7 Å². The summed E-state index contributed by atoms with van der Waals surface area (Å²) in [6.45, 7) is 1.57. The summed E-state index contributed by atoms with van der Waals surface area (Å²) < 4.78 is 13.0. The maximum absolute atomic E-state index is 13.0. The van der Waals surface area contributed by atoms with Crippen LogP contribution in [0.1, 0.15) is 20.8 Å². The molecule has 4 nitrogen and oxygen atoms in total. The second-order valence-corrected chi connectivity index (χ2v) is 6.29. The third-order valence-electron chi connectivity index (χ3n) is 3.71. The summed E-state index contributed by atoms with van der Waals surface area (Å²) in [7, 11) is 0. The maximum Gasteiger partial charge on any atom is 0.273 e. The number of ketones is 1. The lowest BCUT2D eigenvalue weighted by Crippen LogP contribution is -2.03. The molecular weight excluding hydrogens is 329 g/mol. The van der Waals surface area contributed by atoms with Gasteiger partial charge in [0, 0.05) is 22.1 Å². The average molecular weight is 341 g/mol. The van der Waals surface area contributed by atoms with Crippen LogP contribution in [0.3, 0.4) is 0 Å². The first-order valence-corrected chi connectivity index (χ1v) is 7.93. The van der Waals surface area contributed by atoms with E-state index in [-0.39, 0.29) is 17.3 Å². The van der Waals surface area contributed by atoms with Crippen molar-refractivity contribution in [2.45, 2.75) is 6.92 Å². The molecular formula is C18H12FNO3S. The SMILES string of the molecule is Cc1c(C(=O)c2ccc(-c3ccc(F)cc3)s2)cccc1[N+](=O)[O-]. The number of carbonyl (C=O) groups is 1. The first kappa shape index (κ1) is 16.0. The smallest absolute Gasteiger partial charge is 0.273 e. The number of nitro benzene ring substituents is 1. The number of nitro groups is 1. The van der Waals surface area contributed by atoms with Gasteiger partial charge < -0.3 is 0 Å². The molecule has 0 spiro atoms. The Morgan fingerprint density at radius 1 is 1.08 bits per heavy atom. The van der Waals surface area contributed by atoms with Gasteiger partial charge in [-0.2, -0.15) is 0 Å². The molecule has 2 aromatic carbocycles. The number of hydrogen-bond donors (Lipinski definition) is 0. The molecule has 3 rings (SSSR count). The largest absolute Gasteiger partial charge is 0.288 e. The zero-order valence-electron chi connectivity index (χ0n) is 12.7. The Morgan fingerprint density at radius 3 is 2.46 bits per heavy atom. The quantitative estimate of drug-likeness (QED) is 0.381. The summed E-state index contributed by atoms with van der Waals surface area (Å²) in [4.78, 5) is 24.5. The zero-order valence-corrected chi connectivity index (χ0v) is 13.5. The van der Waals surface area contributed by atoms with Crippen molar-refractivity contribution < 1.29 is 14.1 Å². The predicted octanol–water partition coefficient (Wildman–Crippen LogP) is 5.00. The second-order valence-electron chi connectivity index (χ2n) is 5.21. The monoisotopic (exact) mass is 341 g/mol. The van der Waals surface area contributed by atoms with Crippen molar-refractivity contribution in [3.05, 3.63) is 86.5 Å². The minimum absolute atomic E-state index is 0.0730. The van der Waals surface area contributed by atoms with E-state index >= 15 is 0 Å². The van der Waals surface area contributed by atoms with E-state index in [1.807, 2.05) is 0 Å². The molecule has 6 heteroatoms. The molecule has 0 atom stereocenters. The van der Waals surface area contributed by atoms with Crippen molar-refractivity contribution in [1.82, 2.24) is 0 Å². The van der Waals surface area contributed by atoms with Crippen LogP contribution in [0.4, 0.5) is 10.1 Å². The molecule has 0 aliphatic carbocycles. The summed E-state index contributed by atoms with van der Waals surface area (Å²) in [5.41, 5.74) is 1.41. The number of carbonyl (C=O) groups excluding carboxylic acids is 1. The fourth-order valence-corrected chi connectivity index (χ4v) is 3.39. The fraction of sp³-hybridized carbons (Fsp3) is 0.0556. The molecule has 0 amide bonds. The van der Waals surface area contributed by atoms with Gasteiger partial charge in [0.2, 0.25) is 5.78 Å². The van der Waals surface area contributed by atoms with Crippen LogP contribution in [0.15, 0.2) is 54.6 Å². The van der Waals surface area contributed by atoms with Crippen molar-refractivity contribution >= 4 is 22.8 Å². The Hall–Kier alpha value is -2.86. The lowest BCUT2D eigenvalue weighted by molar-refractivity contribution is -0.385. The molecule has 120 valence electrons. The van der Waals surface area contributed by atoms with Gasteiger partial charge in [-0.25, -0.2) is 4.39 Å². The van der Waals surface area contributed by atoms with Crippen LogP contribution in [-0.2, 0) is 0 Å². The van der Waals surface area contributed by atoms with E-state index in [1.54, 1.807) is 37.3 Å². The Bertz CT molecular complexity index is 932. The standard InChI is InChI=1S/C18H12FNO3S/c1-11-14(3-2-4-15(11)20(22)23)18(21)17-10-9-16(24-17)12-5-7-13(19)8-6-12/h2-10H,1H3. The Balaban J connectivity index is 1.96. The predicted molar refractivity (Wildman–Crippen MR) is 91.0 cm³/mol. The summed E-state index contributed by atoms with van der Waals surface area (Å²) in [5.74, 6) is -0.576. The molecule has 0 saturated heterocycles. The summed E-state index contributed by atoms with van der Waals surface area (Å²) in [6.07, 6.45) is 0. The van der Waals surface area contributed by atoms with Crippen LogP contribution in [0.25, 0.3) is 10.4 Å². The lowest BCUT2D eigenvalue weighted by Gasteiger charge is -2.04. The molecule has 0 aliphatic heterocycles. The topological polar surface area (TPSA) is 60.2 Å². The molecule has 0 N–H and O–H groups in total. The molecule has 0 saturated carbocycles. The molecule has 24 heavy (non-hydrogen) atoms. The first-order chi connectivity index (χ1) is 11.5. The van der Waals surface area contributed by atoms with Gasteiger partial charge in [-0.05, 0) is 36.8 Å². The van der Waals surface area contributed by atoms with Crippen molar-refractivity contribution in [2.75, 3.05) is 0 Å². The highest BCUT2D eigenvalue weighted by molar-refractivity contribution is 7.17. The van der Waals surface area contributed by atoms with E-state index in [4.69, 9.17) is 0 Å². The molecule has 0 unspecified atom stereocenters. The number of nitrogens with zero attached hydrogens (tertiary/aromatic N) is 1. The number of halogens is 1. The molecule has 0 fully saturated rings. The van der Waals surface area contributed by atoms with Crippen molar-refractivity contribution in [2.24, 2.45) is 0 Å². The second kappa shape index (κ2) is 6.33. The van der Waals surface area contributed by atoms with E-state index in [1.165, 1.54) is 35.6 Å². The van der Waals surface area contributed by atoms with Crippen LogP contribution < -0.4 is 0 Å². The summed E-state index contributed by atoms with van der Waals surface area (Å²) in [6, 6.07) is 14.0. The minimum Gasteiger partial charge on any atom is -0.288 e. The molecule has 1 aromatic heterocycles. The van der Waals surface area contributed by atoms with E-state index in [9.17, 15) is 19.3 Å².